The maximum Gasteiger partial charge on any atom is 0.303 e. The van der Waals surface area contributed by atoms with E-state index in [0.29, 0.717) is 0 Å². The molecule has 0 N–H and O–H groups in total. The van der Waals surface area contributed by atoms with Gasteiger partial charge in [-0.2, -0.15) is 0 Å². The zero-order valence-corrected chi connectivity index (χ0v) is 20.6. The highest BCUT2D eigenvalue weighted by Gasteiger charge is 2.52. The van der Waals surface area contributed by atoms with E-state index in [-0.39, 0.29) is 6.61 Å². The minimum atomic E-state index is -2.66. The molecule has 2 rings (SSSR count). The summed E-state index contributed by atoms with van der Waals surface area (Å²) in [6.45, 7) is 7.10. The van der Waals surface area contributed by atoms with Gasteiger partial charge in [-0.05, 0) is 25.2 Å². The van der Waals surface area contributed by atoms with Crippen LogP contribution in [0.4, 0.5) is 0 Å². The van der Waals surface area contributed by atoms with Gasteiger partial charge in [0.05, 0.1) is 0 Å². The van der Waals surface area contributed by atoms with Gasteiger partial charge in [-0.3, -0.25) is 14.4 Å². The second kappa shape index (κ2) is 11.3. The molecule has 172 valence electrons. The van der Waals surface area contributed by atoms with Crippen LogP contribution in [0.25, 0.3) is 0 Å². The van der Waals surface area contributed by atoms with Crippen LogP contribution in [0.3, 0.4) is 0 Å². The molecule has 0 unspecified atom stereocenters. The molecule has 0 amide bonds. The summed E-state index contributed by atoms with van der Waals surface area (Å²) in [5.74, 6) is -1.70. The third kappa shape index (κ3) is 8.45. The molecule has 5 atom stereocenters. The Labute approximate surface area is 191 Å². The molecule has 0 radical (unpaired) electrons. The van der Waals surface area contributed by atoms with Crippen molar-refractivity contribution < 1.29 is 37.8 Å². The predicted octanol–water partition coefficient (Wildman–Crippen LogP) is 3.26. The van der Waals surface area contributed by atoms with Crippen LogP contribution in [0, 0.1) is 0 Å². The van der Waals surface area contributed by atoms with Crippen LogP contribution in [0.5, 0.6) is 0 Å². The zero-order valence-electron chi connectivity index (χ0n) is 18.0. The smallest absolute Gasteiger partial charge is 0.303 e. The van der Waals surface area contributed by atoms with Gasteiger partial charge in [0.1, 0.15) is 24.3 Å². The fourth-order valence-corrected chi connectivity index (χ4v) is 5.49. The first-order chi connectivity index (χ1) is 14.5. The van der Waals surface area contributed by atoms with Crippen molar-refractivity contribution in [3.05, 3.63) is 30.3 Å². The summed E-state index contributed by atoms with van der Waals surface area (Å²) in [5.41, 5.74) is -0.676. The van der Waals surface area contributed by atoms with Crippen molar-refractivity contribution in [2.75, 3.05) is 6.61 Å². The van der Waals surface area contributed by atoms with Crippen molar-refractivity contribution in [1.82, 2.24) is 0 Å². The average Bonchev–Trinajstić information content (AvgIpc) is 2.64. The number of esters is 3. The van der Waals surface area contributed by atoms with Gasteiger partial charge >= 0.3 is 17.9 Å². The van der Waals surface area contributed by atoms with E-state index >= 15 is 0 Å². The maximum atomic E-state index is 11.9. The predicted molar refractivity (Wildman–Crippen MR) is 117 cm³/mol. The Morgan fingerprint density at radius 1 is 0.968 bits per heavy atom. The molecule has 1 aromatic carbocycles. The number of benzene rings is 1. The summed E-state index contributed by atoms with van der Waals surface area (Å²) >= 11 is 7.81. The van der Waals surface area contributed by atoms with E-state index < -0.39 is 55.4 Å². The molecule has 31 heavy (non-hydrogen) atoms. The highest BCUT2D eigenvalue weighted by Crippen LogP contribution is 2.38. The summed E-state index contributed by atoms with van der Waals surface area (Å²) in [6.07, 6.45) is -3.77. The highest BCUT2D eigenvalue weighted by atomic mass is 35.6. The number of halogens is 1. The molecule has 1 aliphatic rings. The lowest BCUT2D eigenvalue weighted by Gasteiger charge is -2.46. The van der Waals surface area contributed by atoms with E-state index in [1.807, 2.05) is 30.3 Å². The van der Waals surface area contributed by atoms with Gasteiger partial charge in [0.2, 0.25) is 0 Å². The third-order valence-corrected chi connectivity index (χ3v) is 6.31. The number of carbonyl (C=O) groups excluding carboxylic acids is 3. The summed E-state index contributed by atoms with van der Waals surface area (Å²) in [5, 5.41) is 0. The standard InChI is InChI=1S/C20H27ClO8SSi/c1-12(22)25-11-16-17(26-13(2)23)18(27-14(3)24)19(29-31(4,5)21)20(28-16)30-15-9-7-6-8-10-15/h6-10,16-20H,11H2,1-5H3/t16-,17+,18+,19-,20+/m1/s1. The van der Waals surface area contributed by atoms with Crippen LogP contribution in [-0.4, -0.2) is 62.0 Å². The van der Waals surface area contributed by atoms with E-state index in [1.54, 1.807) is 13.1 Å². The van der Waals surface area contributed by atoms with Crippen LogP contribution in [0.15, 0.2) is 35.2 Å². The Balaban J connectivity index is 2.45. The molecule has 1 heterocycles. The highest BCUT2D eigenvalue weighted by molar-refractivity contribution is 7.99. The average molecular weight is 491 g/mol. The molecule has 1 fully saturated rings. The Morgan fingerprint density at radius 2 is 1.55 bits per heavy atom. The van der Waals surface area contributed by atoms with Gasteiger partial charge in [-0.1, -0.05) is 30.0 Å². The van der Waals surface area contributed by atoms with Crippen LogP contribution in [0.1, 0.15) is 20.8 Å². The Kier molecular flexibility index (Phi) is 9.38. The summed E-state index contributed by atoms with van der Waals surface area (Å²) in [6, 6.07) is 9.44. The summed E-state index contributed by atoms with van der Waals surface area (Å²) in [7, 11) is -2.66. The van der Waals surface area contributed by atoms with E-state index in [9.17, 15) is 14.4 Å². The second-order valence-electron chi connectivity index (χ2n) is 7.37. The molecule has 11 heteroatoms. The Hall–Kier alpha value is -1.59. The minimum Gasteiger partial charge on any atom is -0.463 e. The van der Waals surface area contributed by atoms with Crippen LogP contribution in [-0.2, 0) is 37.8 Å². The van der Waals surface area contributed by atoms with E-state index in [1.165, 1.54) is 32.5 Å². The lowest BCUT2D eigenvalue weighted by molar-refractivity contribution is -0.228. The largest absolute Gasteiger partial charge is 0.463 e. The molecule has 0 aromatic heterocycles. The summed E-state index contributed by atoms with van der Waals surface area (Å²) in [4.78, 5) is 36.0. The number of hydrogen-bond donors (Lipinski definition) is 0. The topological polar surface area (TPSA) is 97.4 Å². The van der Waals surface area contributed by atoms with Gasteiger partial charge < -0.3 is 23.4 Å². The molecule has 1 saturated heterocycles. The third-order valence-electron chi connectivity index (χ3n) is 4.06. The lowest BCUT2D eigenvalue weighted by atomic mass is 9.99. The first-order valence-corrected chi connectivity index (χ1v) is 14.5. The van der Waals surface area contributed by atoms with Crippen molar-refractivity contribution in [3.8, 4) is 0 Å². The van der Waals surface area contributed by atoms with Gasteiger partial charge in [0, 0.05) is 25.7 Å². The number of ether oxygens (including phenoxy) is 4. The lowest BCUT2D eigenvalue weighted by Crippen LogP contribution is -2.62. The van der Waals surface area contributed by atoms with Gasteiger partial charge in [0.25, 0.3) is 7.63 Å². The number of hydrogen-bond acceptors (Lipinski definition) is 9. The van der Waals surface area contributed by atoms with Gasteiger partial charge in [0.15, 0.2) is 12.2 Å². The van der Waals surface area contributed by atoms with E-state index in [4.69, 9.17) is 34.5 Å². The van der Waals surface area contributed by atoms with Gasteiger partial charge in [-0.25, -0.2) is 0 Å². The van der Waals surface area contributed by atoms with Gasteiger partial charge in [-0.15, -0.1) is 11.1 Å². The normalized spacial score (nSPS) is 26.1. The Morgan fingerprint density at radius 3 is 2.06 bits per heavy atom. The first kappa shape index (κ1) is 25.7. The molecular weight excluding hydrogens is 464 g/mol. The van der Waals surface area contributed by atoms with Crippen molar-refractivity contribution >= 4 is 48.4 Å². The Bertz CT molecular complexity index is 772. The van der Waals surface area contributed by atoms with E-state index in [0.717, 1.165) is 4.90 Å². The molecule has 8 nitrogen and oxygen atoms in total. The molecule has 0 aliphatic carbocycles. The summed E-state index contributed by atoms with van der Waals surface area (Å²) < 4.78 is 28.4. The molecule has 0 saturated carbocycles. The SMILES string of the molecule is CC(=O)OC[C@H]1O[C@@H](Sc2ccccc2)[C@H](O[Si](C)(C)Cl)[C@@H](OC(C)=O)[C@H]1OC(C)=O. The maximum absolute atomic E-state index is 11.9. The quantitative estimate of drug-likeness (QED) is 0.235. The molecule has 0 bridgehead atoms. The molecule has 1 aliphatic heterocycles. The van der Waals surface area contributed by atoms with Crippen molar-refractivity contribution in [2.45, 2.75) is 68.6 Å². The zero-order chi connectivity index (χ0) is 23.2. The number of rotatable bonds is 8. The van der Waals surface area contributed by atoms with Crippen LogP contribution in [0.2, 0.25) is 13.1 Å². The first-order valence-electron chi connectivity index (χ1n) is 9.68. The van der Waals surface area contributed by atoms with Crippen LogP contribution >= 0.6 is 22.8 Å². The van der Waals surface area contributed by atoms with Crippen molar-refractivity contribution in [3.63, 3.8) is 0 Å². The molecule has 0 spiro atoms. The van der Waals surface area contributed by atoms with Crippen molar-refractivity contribution in [1.29, 1.82) is 0 Å². The number of carbonyl (C=O) groups is 3. The molecule has 1 aromatic rings. The number of thioether (sulfide) groups is 1. The fraction of sp³-hybridized carbons (Fsp3) is 0.550. The van der Waals surface area contributed by atoms with Crippen molar-refractivity contribution in [2.24, 2.45) is 0 Å². The van der Waals surface area contributed by atoms with Crippen LogP contribution < -0.4 is 0 Å². The second-order valence-corrected chi connectivity index (χ2v) is 14.2. The monoisotopic (exact) mass is 490 g/mol. The fourth-order valence-electron chi connectivity index (χ4n) is 3.05. The van der Waals surface area contributed by atoms with E-state index in [2.05, 4.69) is 0 Å². The molecular formula is C20H27ClO8SSi. The minimum absolute atomic E-state index is 0.189.